The summed E-state index contributed by atoms with van der Waals surface area (Å²) < 4.78 is 23.8. The van der Waals surface area contributed by atoms with E-state index in [1.807, 2.05) is 25.1 Å². The quantitative estimate of drug-likeness (QED) is 0.861. The molecule has 0 bridgehead atoms. The Bertz CT molecular complexity index is 825. The van der Waals surface area contributed by atoms with Gasteiger partial charge in [-0.2, -0.15) is 0 Å². The molecule has 2 aromatic carbocycles. The van der Waals surface area contributed by atoms with Crippen LogP contribution in [0.5, 0.6) is 11.5 Å². The summed E-state index contributed by atoms with van der Waals surface area (Å²) in [6.07, 6.45) is 0. The van der Waals surface area contributed by atoms with Crippen LogP contribution in [-0.2, 0) is 11.3 Å². The van der Waals surface area contributed by atoms with E-state index in [1.54, 1.807) is 4.90 Å². The monoisotopic (exact) mass is 358 g/mol. The van der Waals surface area contributed by atoms with Gasteiger partial charge in [0.2, 0.25) is 12.7 Å². The highest BCUT2D eigenvalue weighted by molar-refractivity contribution is 5.96. The number of hydrogen-bond donors (Lipinski definition) is 1. The third kappa shape index (κ3) is 4.11. The number of hydrogen-bond acceptors (Lipinski definition) is 4. The minimum Gasteiger partial charge on any atom is -0.454 e. The number of nitrogens with one attached hydrogen (secondary N) is 1. The Hall–Kier alpha value is -3.09. The lowest BCUT2D eigenvalue weighted by molar-refractivity contribution is -0.130. The van der Waals surface area contributed by atoms with Crippen LogP contribution in [0.25, 0.3) is 0 Å². The molecule has 3 rings (SSSR count). The van der Waals surface area contributed by atoms with Gasteiger partial charge in [-0.05, 0) is 42.8 Å². The Labute approximate surface area is 150 Å². The zero-order valence-electron chi connectivity index (χ0n) is 14.3. The number of carbonyl (C=O) groups excluding carboxylic acids is 2. The molecule has 1 aliphatic heterocycles. The first-order chi connectivity index (χ1) is 12.6. The highest BCUT2D eigenvalue weighted by Crippen LogP contribution is 2.32. The Morgan fingerprint density at radius 2 is 1.96 bits per heavy atom. The summed E-state index contributed by atoms with van der Waals surface area (Å²) >= 11 is 0. The maximum absolute atomic E-state index is 13.2. The van der Waals surface area contributed by atoms with Crippen molar-refractivity contribution in [3.8, 4) is 11.5 Å². The summed E-state index contributed by atoms with van der Waals surface area (Å²) in [7, 11) is 0. The van der Waals surface area contributed by atoms with E-state index >= 15 is 0 Å². The highest BCUT2D eigenvalue weighted by atomic mass is 19.1. The number of carbonyl (C=O) groups is 2. The minimum absolute atomic E-state index is 0.159. The zero-order chi connectivity index (χ0) is 18.5. The van der Waals surface area contributed by atoms with Crippen molar-refractivity contribution in [2.24, 2.45) is 0 Å². The average Bonchev–Trinajstić information content (AvgIpc) is 3.11. The molecular weight excluding hydrogens is 339 g/mol. The lowest BCUT2D eigenvalue weighted by Crippen LogP contribution is -2.39. The predicted molar refractivity (Wildman–Crippen MR) is 92.4 cm³/mol. The van der Waals surface area contributed by atoms with Gasteiger partial charge in [0.05, 0.1) is 6.54 Å². The minimum atomic E-state index is -0.498. The number of benzene rings is 2. The Kier molecular flexibility index (Phi) is 5.36. The summed E-state index contributed by atoms with van der Waals surface area (Å²) in [6.45, 7) is 2.78. The number of amides is 2. The summed E-state index contributed by atoms with van der Waals surface area (Å²) in [4.78, 5) is 26.0. The number of likely N-dealkylation sites (N-methyl/N-ethyl adjacent to an activating group) is 1. The third-order valence-corrected chi connectivity index (χ3v) is 4.03. The molecule has 0 radical (unpaired) electrons. The first-order valence-corrected chi connectivity index (χ1v) is 8.27. The van der Waals surface area contributed by atoms with Crippen LogP contribution in [0.15, 0.2) is 42.5 Å². The van der Waals surface area contributed by atoms with Crippen molar-refractivity contribution in [3.63, 3.8) is 0 Å². The number of ether oxygens (including phenoxy) is 2. The third-order valence-electron chi connectivity index (χ3n) is 4.03. The van der Waals surface area contributed by atoms with Crippen molar-refractivity contribution in [1.29, 1.82) is 0 Å². The molecule has 0 aliphatic carbocycles. The zero-order valence-corrected chi connectivity index (χ0v) is 14.3. The van der Waals surface area contributed by atoms with Crippen molar-refractivity contribution in [2.45, 2.75) is 13.5 Å². The van der Waals surface area contributed by atoms with Crippen LogP contribution >= 0.6 is 0 Å². The molecule has 6 nitrogen and oxygen atoms in total. The van der Waals surface area contributed by atoms with E-state index in [9.17, 15) is 14.0 Å². The largest absolute Gasteiger partial charge is 0.454 e. The number of fused-ring (bicyclic) bond motifs is 1. The number of rotatable bonds is 6. The summed E-state index contributed by atoms with van der Waals surface area (Å²) in [5, 5.41) is 2.53. The molecule has 1 heterocycles. The summed E-state index contributed by atoms with van der Waals surface area (Å²) in [5.41, 5.74) is 1.08. The fourth-order valence-corrected chi connectivity index (χ4v) is 2.64. The Balaban J connectivity index is 1.57. The van der Waals surface area contributed by atoms with Gasteiger partial charge < -0.3 is 19.7 Å². The van der Waals surface area contributed by atoms with Gasteiger partial charge in [0.1, 0.15) is 5.82 Å². The van der Waals surface area contributed by atoms with Crippen LogP contribution in [0.2, 0.25) is 0 Å². The molecule has 1 aliphatic rings. The van der Waals surface area contributed by atoms with E-state index in [-0.39, 0.29) is 24.8 Å². The number of halogens is 1. The maximum atomic E-state index is 13.2. The van der Waals surface area contributed by atoms with E-state index in [0.717, 1.165) is 11.6 Å². The fraction of sp³-hybridized carbons (Fsp3) is 0.263. The normalized spacial score (nSPS) is 11.9. The first kappa shape index (κ1) is 17.7. The number of nitrogens with zero attached hydrogens (tertiary/aromatic N) is 1. The average molecular weight is 358 g/mol. The van der Waals surface area contributed by atoms with E-state index in [4.69, 9.17) is 9.47 Å². The van der Waals surface area contributed by atoms with E-state index in [0.29, 0.717) is 24.6 Å². The molecule has 0 atom stereocenters. The molecule has 136 valence electrons. The van der Waals surface area contributed by atoms with Crippen molar-refractivity contribution in [1.82, 2.24) is 10.2 Å². The molecule has 2 amide bonds. The molecule has 0 fully saturated rings. The van der Waals surface area contributed by atoms with Gasteiger partial charge in [-0.15, -0.1) is 0 Å². The van der Waals surface area contributed by atoms with Gasteiger partial charge in [-0.25, -0.2) is 4.39 Å². The molecule has 0 aromatic heterocycles. The van der Waals surface area contributed by atoms with Crippen LogP contribution < -0.4 is 14.8 Å². The van der Waals surface area contributed by atoms with Gasteiger partial charge in [-0.3, -0.25) is 9.59 Å². The maximum Gasteiger partial charge on any atom is 0.251 e. The van der Waals surface area contributed by atoms with Crippen molar-refractivity contribution < 1.29 is 23.5 Å². The van der Waals surface area contributed by atoms with Crippen LogP contribution in [0.4, 0.5) is 4.39 Å². The van der Waals surface area contributed by atoms with Gasteiger partial charge in [0.15, 0.2) is 11.5 Å². The molecule has 1 N–H and O–H groups in total. The molecule has 0 saturated heterocycles. The van der Waals surface area contributed by atoms with Gasteiger partial charge in [0.25, 0.3) is 5.91 Å². The van der Waals surface area contributed by atoms with Gasteiger partial charge in [0, 0.05) is 18.7 Å². The molecule has 26 heavy (non-hydrogen) atoms. The van der Waals surface area contributed by atoms with Crippen molar-refractivity contribution >= 4 is 11.8 Å². The van der Waals surface area contributed by atoms with Crippen LogP contribution in [0.3, 0.4) is 0 Å². The Morgan fingerprint density at radius 3 is 2.73 bits per heavy atom. The molecule has 7 heteroatoms. The van der Waals surface area contributed by atoms with E-state index < -0.39 is 11.7 Å². The van der Waals surface area contributed by atoms with Crippen LogP contribution in [0, 0.1) is 5.82 Å². The highest BCUT2D eigenvalue weighted by Gasteiger charge is 2.17. The lowest BCUT2D eigenvalue weighted by atomic mass is 10.2. The molecule has 0 spiro atoms. The van der Waals surface area contributed by atoms with Crippen LogP contribution in [-0.4, -0.2) is 36.6 Å². The van der Waals surface area contributed by atoms with E-state index in [1.165, 1.54) is 18.2 Å². The standard InChI is InChI=1S/C19H19FN2O4/c1-2-22(11-13-6-7-16-17(8-13)26-12-25-16)18(23)10-21-19(24)14-4-3-5-15(20)9-14/h3-9H,2,10-12H2,1H3,(H,21,24). The topological polar surface area (TPSA) is 67.9 Å². The SMILES string of the molecule is CCN(Cc1ccc2c(c1)OCO2)C(=O)CNC(=O)c1cccc(F)c1. The second kappa shape index (κ2) is 7.86. The van der Waals surface area contributed by atoms with E-state index in [2.05, 4.69) is 5.32 Å². The second-order valence-electron chi connectivity index (χ2n) is 5.79. The molecule has 0 saturated carbocycles. The predicted octanol–water partition coefficient (Wildman–Crippen LogP) is 2.33. The smallest absolute Gasteiger partial charge is 0.251 e. The lowest BCUT2D eigenvalue weighted by Gasteiger charge is -2.21. The van der Waals surface area contributed by atoms with Crippen LogP contribution in [0.1, 0.15) is 22.8 Å². The fourth-order valence-electron chi connectivity index (χ4n) is 2.64. The molecule has 0 unspecified atom stereocenters. The Morgan fingerprint density at radius 1 is 1.15 bits per heavy atom. The summed E-state index contributed by atoms with van der Waals surface area (Å²) in [5.74, 6) is 0.129. The van der Waals surface area contributed by atoms with Gasteiger partial charge >= 0.3 is 0 Å². The van der Waals surface area contributed by atoms with Gasteiger partial charge in [-0.1, -0.05) is 12.1 Å². The molecular formula is C19H19FN2O4. The van der Waals surface area contributed by atoms with Crippen molar-refractivity contribution in [3.05, 3.63) is 59.4 Å². The molecule has 2 aromatic rings. The second-order valence-corrected chi connectivity index (χ2v) is 5.79. The first-order valence-electron chi connectivity index (χ1n) is 8.27. The summed E-state index contributed by atoms with van der Waals surface area (Å²) in [6, 6.07) is 10.8. The van der Waals surface area contributed by atoms with Crippen molar-refractivity contribution in [2.75, 3.05) is 19.9 Å².